The highest BCUT2D eigenvalue weighted by atomic mass is 32.2. The number of hydrogen-bond donors (Lipinski definition) is 1. The SMILES string of the molecule is CCSC1CCCCN(c2cc(CO)ccc2[N+](=O)[O-])C1. The smallest absolute Gasteiger partial charge is 0.292 e. The average molecular weight is 310 g/mol. The Hall–Kier alpha value is -1.27. The van der Waals surface area contributed by atoms with Crippen molar-refractivity contribution in [1.29, 1.82) is 0 Å². The van der Waals surface area contributed by atoms with Gasteiger partial charge in [0.15, 0.2) is 0 Å². The second-order valence-corrected chi connectivity index (χ2v) is 6.83. The summed E-state index contributed by atoms with van der Waals surface area (Å²) in [7, 11) is 0. The second kappa shape index (κ2) is 7.66. The lowest BCUT2D eigenvalue weighted by Crippen LogP contribution is -2.30. The van der Waals surface area contributed by atoms with E-state index in [9.17, 15) is 15.2 Å². The van der Waals surface area contributed by atoms with Gasteiger partial charge in [0.25, 0.3) is 5.69 Å². The van der Waals surface area contributed by atoms with Gasteiger partial charge in [-0.05, 0) is 36.3 Å². The van der Waals surface area contributed by atoms with Gasteiger partial charge in [-0.15, -0.1) is 0 Å². The van der Waals surface area contributed by atoms with Crippen LogP contribution in [0.2, 0.25) is 0 Å². The van der Waals surface area contributed by atoms with E-state index in [0.717, 1.165) is 30.8 Å². The quantitative estimate of drug-likeness (QED) is 0.668. The van der Waals surface area contributed by atoms with Gasteiger partial charge in [0, 0.05) is 24.4 Å². The van der Waals surface area contributed by atoms with E-state index in [1.807, 2.05) is 11.8 Å². The number of thioether (sulfide) groups is 1. The van der Waals surface area contributed by atoms with Crippen LogP contribution >= 0.6 is 11.8 Å². The van der Waals surface area contributed by atoms with E-state index in [4.69, 9.17) is 0 Å². The molecule has 1 aliphatic rings. The summed E-state index contributed by atoms with van der Waals surface area (Å²) in [6.45, 7) is 3.74. The molecule has 0 saturated carbocycles. The Morgan fingerprint density at radius 3 is 2.95 bits per heavy atom. The predicted octanol–water partition coefficient (Wildman–Crippen LogP) is 3.20. The molecule has 0 amide bonds. The molecule has 1 atom stereocenters. The molecule has 1 aromatic carbocycles. The molecule has 2 rings (SSSR count). The molecule has 1 saturated heterocycles. The molecule has 0 aliphatic carbocycles. The molecular weight excluding hydrogens is 288 g/mol. The number of nitro benzene ring substituents is 1. The van der Waals surface area contributed by atoms with Crippen LogP contribution in [0.3, 0.4) is 0 Å². The van der Waals surface area contributed by atoms with Crippen LogP contribution in [0.5, 0.6) is 0 Å². The highest BCUT2D eigenvalue weighted by Gasteiger charge is 2.24. The Morgan fingerprint density at radius 2 is 2.29 bits per heavy atom. The van der Waals surface area contributed by atoms with E-state index in [0.29, 0.717) is 10.9 Å². The van der Waals surface area contributed by atoms with Crippen LogP contribution in [0.4, 0.5) is 11.4 Å². The van der Waals surface area contributed by atoms with Crippen molar-refractivity contribution in [1.82, 2.24) is 0 Å². The van der Waals surface area contributed by atoms with Gasteiger partial charge in [-0.3, -0.25) is 10.1 Å². The molecule has 1 unspecified atom stereocenters. The van der Waals surface area contributed by atoms with Crippen molar-refractivity contribution in [2.45, 2.75) is 38.0 Å². The Labute approximate surface area is 129 Å². The van der Waals surface area contributed by atoms with Crippen molar-refractivity contribution < 1.29 is 10.0 Å². The topological polar surface area (TPSA) is 66.6 Å². The highest BCUT2D eigenvalue weighted by molar-refractivity contribution is 7.99. The molecule has 0 radical (unpaired) electrons. The van der Waals surface area contributed by atoms with Crippen molar-refractivity contribution in [3.8, 4) is 0 Å². The minimum absolute atomic E-state index is 0.0913. The van der Waals surface area contributed by atoms with Crippen LogP contribution in [0, 0.1) is 10.1 Å². The van der Waals surface area contributed by atoms with Crippen LogP contribution in [0.15, 0.2) is 18.2 Å². The third-order valence-electron chi connectivity index (χ3n) is 3.79. The van der Waals surface area contributed by atoms with Crippen LogP contribution in [-0.2, 0) is 6.61 Å². The van der Waals surface area contributed by atoms with E-state index in [-0.39, 0.29) is 17.2 Å². The molecule has 1 fully saturated rings. The number of aliphatic hydroxyl groups is 1. The van der Waals surface area contributed by atoms with Crippen LogP contribution < -0.4 is 4.90 Å². The van der Waals surface area contributed by atoms with Gasteiger partial charge in [0.1, 0.15) is 5.69 Å². The highest BCUT2D eigenvalue weighted by Crippen LogP contribution is 2.33. The number of nitro groups is 1. The van der Waals surface area contributed by atoms with Crippen molar-refractivity contribution in [3.05, 3.63) is 33.9 Å². The maximum Gasteiger partial charge on any atom is 0.292 e. The minimum atomic E-state index is -0.330. The van der Waals surface area contributed by atoms with Crippen LogP contribution in [0.1, 0.15) is 31.7 Å². The number of nitrogens with zero attached hydrogens (tertiary/aromatic N) is 2. The minimum Gasteiger partial charge on any atom is -0.392 e. The van der Waals surface area contributed by atoms with E-state index < -0.39 is 0 Å². The summed E-state index contributed by atoms with van der Waals surface area (Å²) in [5.74, 6) is 1.07. The van der Waals surface area contributed by atoms with Gasteiger partial charge >= 0.3 is 0 Å². The Bertz CT molecular complexity index is 496. The zero-order valence-corrected chi connectivity index (χ0v) is 13.1. The molecule has 5 nitrogen and oxygen atoms in total. The lowest BCUT2D eigenvalue weighted by molar-refractivity contribution is -0.384. The first-order chi connectivity index (χ1) is 10.2. The summed E-state index contributed by atoms with van der Waals surface area (Å²) in [5, 5.41) is 21.1. The molecule has 0 spiro atoms. The van der Waals surface area contributed by atoms with Gasteiger partial charge in [-0.2, -0.15) is 11.8 Å². The molecule has 1 aliphatic heterocycles. The summed E-state index contributed by atoms with van der Waals surface area (Å²) < 4.78 is 0. The number of anilines is 1. The van der Waals surface area contributed by atoms with Gasteiger partial charge in [0.05, 0.1) is 11.5 Å². The normalized spacial score (nSPS) is 19.3. The standard InChI is InChI=1S/C15H22N2O3S/c1-2-21-13-5-3-4-8-16(10-13)15-9-12(11-18)6-7-14(15)17(19)20/h6-7,9,13,18H,2-5,8,10-11H2,1H3. The lowest BCUT2D eigenvalue weighted by atomic mass is 10.1. The van der Waals surface area contributed by atoms with Crippen LogP contribution in [-0.4, -0.2) is 34.1 Å². The third-order valence-corrected chi connectivity index (χ3v) is 4.98. The molecule has 1 heterocycles. The second-order valence-electron chi connectivity index (χ2n) is 5.26. The third kappa shape index (κ3) is 4.11. The molecule has 0 aromatic heterocycles. The number of rotatable bonds is 5. The summed E-state index contributed by atoms with van der Waals surface area (Å²) >= 11 is 1.93. The number of aliphatic hydroxyl groups excluding tert-OH is 1. The average Bonchev–Trinajstić information content (AvgIpc) is 2.72. The predicted molar refractivity (Wildman–Crippen MR) is 87.0 cm³/mol. The van der Waals surface area contributed by atoms with Gasteiger partial charge in [-0.1, -0.05) is 13.3 Å². The maximum absolute atomic E-state index is 11.3. The first-order valence-electron chi connectivity index (χ1n) is 7.40. The fourth-order valence-electron chi connectivity index (χ4n) is 2.77. The molecule has 1 aromatic rings. The van der Waals surface area contributed by atoms with E-state index >= 15 is 0 Å². The number of hydrogen-bond acceptors (Lipinski definition) is 5. The molecule has 0 bridgehead atoms. The van der Waals surface area contributed by atoms with Crippen molar-refractivity contribution in [2.75, 3.05) is 23.7 Å². The molecule has 6 heteroatoms. The number of benzene rings is 1. The fourth-order valence-corrected chi connectivity index (χ4v) is 3.86. The summed E-state index contributed by atoms with van der Waals surface area (Å²) in [6, 6.07) is 4.89. The summed E-state index contributed by atoms with van der Waals surface area (Å²) in [4.78, 5) is 13.1. The van der Waals surface area contributed by atoms with E-state index in [2.05, 4.69) is 11.8 Å². The zero-order valence-electron chi connectivity index (χ0n) is 12.3. The van der Waals surface area contributed by atoms with Crippen LogP contribution in [0.25, 0.3) is 0 Å². The van der Waals surface area contributed by atoms with Gasteiger partial charge < -0.3 is 10.0 Å². The largest absolute Gasteiger partial charge is 0.392 e. The van der Waals surface area contributed by atoms with Crippen molar-refractivity contribution in [3.63, 3.8) is 0 Å². The summed E-state index contributed by atoms with van der Waals surface area (Å²) in [5.41, 5.74) is 1.50. The Balaban J connectivity index is 2.30. The Kier molecular flexibility index (Phi) is 5.87. The lowest BCUT2D eigenvalue weighted by Gasteiger charge is -2.26. The summed E-state index contributed by atoms with van der Waals surface area (Å²) in [6.07, 6.45) is 3.39. The molecular formula is C15H22N2O3S. The van der Waals surface area contributed by atoms with Crippen molar-refractivity contribution in [2.24, 2.45) is 0 Å². The fraction of sp³-hybridized carbons (Fsp3) is 0.600. The molecule has 116 valence electrons. The zero-order chi connectivity index (χ0) is 15.2. The molecule has 1 N–H and O–H groups in total. The van der Waals surface area contributed by atoms with E-state index in [1.165, 1.54) is 18.9 Å². The van der Waals surface area contributed by atoms with Gasteiger partial charge in [0.2, 0.25) is 0 Å². The van der Waals surface area contributed by atoms with E-state index in [1.54, 1.807) is 12.1 Å². The monoisotopic (exact) mass is 310 g/mol. The van der Waals surface area contributed by atoms with Crippen molar-refractivity contribution >= 4 is 23.1 Å². The Morgan fingerprint density at radius 1 is 1.48 bits per heavy atom. The van der Waals surface area contributed by atoms with Gasteiger partial charge in [-0.25, -0.2) is 0 Å². The molecule has 21 heavy (non-hydrogen) atoms. The first-order valence-corrected chi connectivity index (χ1v) is 8.45. The first kappa shape index (κ1) is 16.1. The maximum atomic E-state index is 11.3.